The molecule has 1 unspecified atom stereocenters. The number of nitrogens with zero attached hydrogens (tertiary/aromatic N) is 2. The molecule has 3 rings (SSSR count). The van der Waals surface area contributed by atoms with Crippen molar-refractivity contribution in [3.05, 3.63) is 59.8 Å². The lowest BCUT2D eigenvalue weighted by Gasteiger charge is -2.41. The highest BCUT2D eigenvalue weighted by Gasteiger charge is 2.49. The van der Waals surface area contributed by atoms with Gasteiger partial charge in [0.05, 0.1) is 39.7 Å². The van der Waals surface area contributed by atoms with Gasteiger partial charge in [-0.05, 0) is 37.5 Å². The van der Waals surface area contributed by atoms with Gasteiger partial charge in [0.15, 0.2) is 22.8 Å². The van der Waals surface area contributed by atoms with E-state index in [4.69, 9.17) is 29.4 Å². The number of hydrogen-bond acceptors (Lipinski definition) is 11. The monoisotopic (exact) mass is 653 g/mol. The van der Waals surface area contributed by atoms with Crippen LogP contribution in [0.25, 0.3) is 5.70 Å². The summed E-state index contributed by atoms with van der Waals surface area (Å²) in [7, 11) is 5.62. The predicted octanol–water partition coefficient (Wildman–Crippen LogP) is 2.38. The van der Waals surface area contributed by atoms with Gasteiger partial charge in [-0.2, -0.15) is 0 Å². The largest absolute Gasteiger partial charge is 0.493 e. The van der Waals surface area contributed by atoms with E-state index in [1.165, 1.54) is 39.5 Å². The van der Waals surface area contributed by atoms with Crippen molar-refractivity contribution in [2.24, 2.45) is 11.7 Å². The number of benzene rings is 2. The van der Waals surface area contributed by atoms with Crippen LogP contribution in [0.4, 0.5) is 0 Å². The molecule has 2 N–H and O–H groups in total. The Morgan fingerprint density at radius 2 is 1.51 bits per heavy atom. The van der Waals surface area contributed by atoms with Crippen LogP contribution in [0.3, 0.4) is 0 Å². The molecule has 0 saturated carbocycles. The zero-order valence-electron chi connectivity index (χ0n) is 28.0. The standard InChI is InChI=1S/C34H43N3O10/c1-20(2)29-32(41)36(18-27(38)34(35,16-22-12-10-9-11-13-22)31(40)33(42)47-21(3)4)24(17-37(29)28(39)19-43-5)23-14-25(44-6)30(46-8)26(15-23)45-7/h9-15,17,20-21,29H,16,18-19,35H2,1-8H3/t29?,34-/m0/s1. The van der Waals surface area contributed by atoms with Gasteiger partial charge < -0.3 is 39.2 Å². The van der Waals surface area contributed by atoms with Gasteiger partial charge in [-0.3, -0.25) is 19.2 Å². The zero-order chi connectivity index (χ0) is 35.1. The Hall–Kier alpha value is -4.75. The Labute approximate surface area is 274 Å². The van der Waals surface area contributed by atoms with Gasteiger partial charge >= 0.3 is 5.97 Å². The van der Waals surface area contributed by atoms with E-state index in [1.807, 2.05) is 0 Å². The summed E-state index contributed by atoms with van der Waals surface area (Å²) < 4.78 is 26.7. The average molecular weight is 654 g/mol. The lowest BCUT2D eigenvalue weighted by molar-refractivity contribution is -0.160. The first-order valence-electron chi connectivity index (χ1n) is 15.0. The van der Waals surface area contributed by atoms with Crippen LogP contribution < -0.4 is 19.9 Å². The molecule has 13 nitrogen and oxygen atoms in total. The lowest BCUT2D eigenvalue weighted by Crippen LogP contribution is -2.63. The van der Waals surface area contributed by atoms with Gasteiger partial charge in [0, 0.05) is 25.3 Å². The summed E-state index contributed by atoms with van der Waals surface area (Å²) in [5.74, 6) is -4.21. The maximum Gasteiger partial charge on any atom is 0.377 e. The average Bonchev–Trinajstić information content (AvgIpc) is 3.04. The number of ketones is 2. The van der Waals surface area contributed by atoms with E-state index in [-0.39, 0.29) is 36.0 Å². The Morgan fingerprint density at radius 1 is 0.915 bits per heavy atom. The Balaban J connectivity index is 2.24. The normalized spacial score (nSPS) is 16.0. The number of Topliss-reactive ketones (excluding diaryl/α,β-unsaturated/α-hetero) is 2. The number of rotatable bonds is 15. The van der Waals surface area contributed by atoms with E-state index in [0.29, 0.717) is 11.1 Å². The Morgan fingerprint density at radius 3 is 2.00 bits per heavy atom. The molecule has 0 radical (unpaired) electrons. The van der Waals surface area contributed by atoms with E-state index in [2.05, 4.69) is 0 Å². The summed E-state index contributed by atoms with van der Waals surface area (Å²) >= 11 is 0. The SMILES string of the molecule is COCC(=O)N1C=C(c2cc(OC)c(OC)c(OC)c2)N(CC(=O)[C@@](N)(Cc2ccccc2)C(=O)C(=O)OC(C)C)C(=O)C1C(C)C. The molecule has 2 amide bonds. The molecule has 2 aromatic carbocycles. The van der Waals surface area contributed by atoms with Gasteiger partial charge in [0.25, 0.3) is 17.6 Å². The molecule has 47 heavy (non-hydrogen) atoms. The fourth-order valence-electron chi connectivity index (χ4n) is 5.29. The van der Waals surface area contributed by atoms with Crippen molar-refractivity contribution in [2.75, 3.05) is 41.6 Å². The van der Waals surface area contributed by atoms with Gasteiger partial charge in [-0.1, -0.05) is 44.2 Å². The van der Waals surface area contributed by atoms with Gasteiger partial charge in [-0.15, -0.1) is 0 Å². The highest BCUT2D eigenvalue weighted by molar-refractivity contribution is 6.42. The van der Waals surface area contributed by atoms with Gasteiger partial charge in [0.2, 0.25) is 5.75 Å². The van der Waals surface area contributed by atoms with E-state index in [1.54, 1.807) is 70.2 Å². The minimum absolute atomic E-state index is 0.100. The van der Waals surface area contributed by atoms with Crippen molar-refractivity contribution in [3.8, 4) is 17.2 Å². The molecule has 254 valence electrons. The van der Waals surface area contributed by atoms with Crippen molar-refractivity contribution in [3.63, 3.8) is 0 Å². The first-order valence-corrected chi connectivity index (χ1v) is 15.0. The number of carbonyl (C=O) groups excluding carboxylic acids is 5. The second-order valence-corrected chi connectivity index (χ2v) is 11.6. The van der Waals surface area contributed by atoms with E-state index in [0.717, 1.165) is 4.90 Å². The van der Waals surface area contributed by atoms with Crippen molar-refractivity contribution in [1.82, 2.24) is 9.80 Å². The minimum atomic E-state index is -2.40. The van der Waals surface area contributed by atoms with Gasteiger partial charge in [0.1, 0.15) is 12.6 Å². The summed E-state index contributed by atoms with van der Waals surface area (Å²) in [5, 5.41) is 0. The summed E-state index contributed by atoms with van der Waals surface area (Å²) in [4.78, 5) is 70.8. The molecule has 0 spiro atoms. The molecule has 0 saturated heterocycles. The first-order chi connectivity index (χ1) is 22.2. The van der Waals surface area contributed by atoms with E-state index < -0.39 is 59.5 Å². The topological polar surface area (TPSA) is 164 Å². The number of esters is 1. The fourth-order valence-corrected chi connectivity index (χ4v) is 5.29. The molecule has 13 heteroatoms. The third kappa shape index (κ3) is 7.98. The summed E-state index contributed by atoms with van der Waals surface area (Å²) in [6.45, 7) is 5.59. The molecule has 1 aliphatic rings. The van der Waals surface area contributed by atoms with Crippen LogP contribution in [0.5, 0.6) is 17.2 Å². The number of carbonyl (C=O) groups is 5. The van der Waals surface area contributed by atoms with Crippen molar-refractivity contribution < 1.29 is 47.7 Å². The molecule has 1 heterocycles. The molecular formula is C34H43N3O10. The molecule has 0 bridgehead atoms. The number of nitrogens with two attached hydrogens (primary N) is 1. The minimum Gasteiger partial charge on any atom is -0.493 e. The molecule has 0 aromatic heterocycles. The summed E-state index contributed by atoms with van der Waals surface area (Å²) in [5.41, 5.74) is 5.11. The summed E-state index contributed by atoms with van der Waals surface area (Å²) in [6.07, 6.45) is 0.449. The number of hydrogen-bond donors (Lipinski definition) is 1. The fraction of sp³-hybridized carbons (Fsp3) is 0.441. The van der Waals surface area contributed by atoms with Gasteiger partial charge in [-0.25, -0.2) is 4.79 Å². The molecule has 2 aromatic rings. The van der Waals surface area contributed by atoms with Crippen LogP contribution in [-0.2, 0) is 39.9 Å². The molecule has 0 aliphatic carbocycles. The Kier molecular flexibility index (Phi) is 12.3. The van der Waals surface area contributed by atoms with Crippen LogP contribution in [-0.4, -0.2) is 98.4 Å². The highest BCUT2D eigenvalue weighted by Crippen LogP contribution is 2.42. The zero-order valence-corrected chi connectivity index (χ0v) is 28.0. The smallest absolute Gasteiger partial charge is 0.377 e. The van der Waals surface area contributed by atoms with Crippen LogP contribution in [0, 0.1) is 5.92 Å². The van der Waals surface area contributed by atoms with Crippen LogP contribution in [0.15, 0.2) is 48.7 Å². The van der Waals surface area contributed by atoms with E-state index in [9.17, 15) is 24.0 Å². The maximum absolute atomic E-state index is 14.4. The van der Waals surface area contributed by atoms with Crippen molar-refractivity contribution in [1.29, 1.82) is 0 Å². The molecule has 1 aliphatic heterocycles. The predicted molar refractivity (Wildman–Crippen MR) is 171 cm³/mol. The van der Waals surface area contributed by atoms with Crippen molar-refractivity contribution in [2.45, 2.75) is 51.8 Å². The number of amides is 2. The van der Waals surface area contributed by atoms with E-state index >= 15 is 0 Å². The third-order valence-electron chi connectivity index (χ3n) is 7.58. The molecule has 0 fully saturated rings. The third-order valence-corrected chi connectivity index (χ3v) is 7.58. The second kappa shape index (κ2) is 15.7. The number of methoxy groups -OCH3 is 4. The first kappa shape index (κ1) is 36.7. The molecule has 2 atom stereocenters. The second-order valence-electron chi connectivity index (χ2n) is 11.6. The van der Waals surface area contributed by atoms with Crippen molar-refractivity contribution >= 4 is 35.0 Å². The highest BCUT2D eigenvalue weighted by atomic mass is 16.5. The lowest BCUT2D eigenvalue weighted by atomic mass is 9.82. The van der Waals surface area contributed by atoms with Crippen LogP contribution >= 0.6 is 0 Å². The molecular weight excluding hydrogens is 610 g/mol. The number of ether oxygens (including phenoxy) is 5. The van der Waals surface area contributed by atoms with Crippen LogP contribution in [0.2, 0.25) is 0 Å². The quantitative estimate of drug-likeness (QED) is 0.171. The Bertz CT molecular complexity index is 1500. The van der Waals surface area contributed by atoms with Crippen LogP contribution in [0.1, 0.15) is 38.8 Å². The maximum atomic E-state index is 14.4. The summed E-state index contributed by atoms with van der Waals surface area (Å²) in [6, 6.07) is 10.6.